The molecule has 0 bridgehead atoms. The fourth-order valence-corrected chi connectivity index (χ4v) is 3.15. The minimum atomic E-state index is -3.27. The van der Waals surface area contributed by atoms with Crippen molar-refractivity contribution in [3.8, 4) is 11.5 Å². The molecular weight excluding hydrogens is 271 g/mol. The molecule has 0 amide bonds. The van der Waals surface area contributed by atoms with E-state index in [-0.39, 0.29) is 6.16 Å². The van der Waals surface area contributed by atoms with Crippen LogP contribution in [-0.4, -0.2) is 6.16 Å². The van der Waals surface area contributed by atoms with Crippen LogP contribution in [0, 0.1) is 0 Å². The zero-order valence-electron chi connectivity index (χ0n) is 11.3. The normalized spacial score (nSPS) is 11.4. The van der Waals surface area contributed by atoms with Crippen LogP contribution in [0.15, 0.2) is 72.8 Å². The summed E-state index contributed by atoms with van der Waals surface area (Å²) in [4.78, 5) is 0. The van der Waals surface area contributed by atoms with Gasteiger partial charge in [0.25, 0.3) is 0 Å². The molecule has 2 rings (SSSR count). The number of allylic oxidation sites excluding steroid dienone is 2. The second-order valence-electron chi connectivity index (χ2n) is 4.17. The fraction of sp³-hybridized carbons (Fsp3) is 0.125. The monoisotopic (exact) mass is 288 g/mol. The quantitative estimate of drug-likeness (QED) is 0.559. The van der Waals surface area contributed by atoms with Crippen LogP contribution < -0.4 is 9.05 Å². The van der Waals surface area contributed by atoms with Gasteiger partial charge in [-0.25, -0.2) is 4.57 Å². The Labute approximate surface area is 119 Å². The molecule has 0 saturated carbocycles. The topological polar surface area (TPSA) is 35.5 Å². The van der Waals surface area contributed by atoms with E-state index in [2.05, 4.69) is 0 Å². The van der Waals surface area contributed by atoms with Crippen molar-refractivity contribution in [2.75, 3.05) is 6.16 Å². The van der Waals surface area contributed by atoms with Gasteiger partial charge < -0.3 is 9.05 Å². The summed E-state index contributed by atoms with van der Waals surface area (Å²) in [6.45, 7) is 1.87. The molecule has 0 aliphatic rings. The van der Waals surface area contributed by atoms with Crippen molar-refractivity contribution in [1.82, 2.24) is 0 Å². The van der Waals surface area contributed by atoms with E-state index in [0.29, 0.717) is 11.5 Å². The highest BCUT2D eigenvalue weighted by Gasteiger charge is 2.26. The number of para-hydroxylation sites is 2. The second kappa shape index (κ2) is 6.97. The minimum Gasteiger partial charge on any atom is -0.416 e. The number of rotatable bonds is 6. The maximum Gasteiger partial charge on any atom is 0.434 e. The van der Waals surface area contributed by atoms with Crippen molar-refractivity contribution >= 4 is 7.60 Å². The average Bonchev–Trinajstić information content (AvgIpc) is 2.47. The third-order valence-electron chi connectivity index (χ3n) is 2.54. The van der Waals surface area contributed by atoms with Crippen LogP contribution in [0.3, 0.4) is 0 Å². The van der Waals surface area contributed by atoms with Crippen molar-refractivity contribution < 1.29 is 13.6 Å². The van der Waals surface area contributed by atoms with Crippen LogP contribution >= 0.6 is 7.60 Å². The van der Waals surface area contributed by atoms with Crippen LogP contribution in [0.2, 0.25) is 0 Å². The lowest BCUT2D eigenvalue weighted by Crippen LogP contribution is -2.03. The molecule has 0 fully saturated rings. The first-order valence-electron chi connectivity index (χ1n) is 6.41. The lowest BCUT2D eigenvalue weighted by Gasteiger charge is -2.18. The van der Waals surface area contributed by atoms with Gasteiger partial charge in [-0.05, 0) is 31.2 Å². The Balaban J connectivity index is 2.19. The molecule has 0 aliphatic heterocycles. The summed E-state index contributed by atoms with van der Waals surface area (Å²) in [5, 5.41) is 0. The van der Waals surface area contributed by atoms with Crippen molar-refractivity contribution in [3.05, 3.63) is 72.8 Å². The predicted octanol–water partition coefficient (Wildman–Crippen LogP) is 4.91. The molecule has 0 atom stereocenters. The van der Waals surface area contributed by atoms with Gasteiger partial charge in [0.2, 0.25) is 0 Å². The van der Waals surface area contributed by atoms with Gasteiger partial charge in [-0.15, -0.1) is 0 Å². The Morgan fingerprint density at radius 3 is 1.75 bits per heavy atom. The fourth-order valence-electron chi connectivity index (χ4n) is 1.61. The summed E-state index contributed by atoms with van der Waals surface area (Å²) in [6, 6.07) is 18.1. The molecule has 104 valence electrons. The Morgan fingerprint density at radius 1 is 0.900 bits per heavy atom. The Kier molecular flexibility index (Phi) is 5.03. The molecule has 0 saturated heterocycles. The smallest absolute Gasteiger partial charge is 0.416 e. The predicted molar refractivity (Wildman–Crippen MR) is 81.4 cm³/mol. The van der Waals surface area contributed by atoms with E-state index in [1.165, 1.54) is 0 Å². The average molecular weight is 288 g/mol. The molecule has 0 N–H and O–H groups in total. The van der Waals surface area contributed by atoms with Gasteiger partial charge in [0.1, 0.15) is 11.5 Å². The molecule has 0 aromatic heterocycles. The molecule has 4 heteroatoms. The van der Waals surface area contributed by atoms with E-state index in [4.69, 9.17) is 9.05 Å². The summed E-state index contributed by atoms with van der Waals surface area (Å²) in [5.41, 5.74) is 0. The highest BCUT2D eigenvalue weighted by atomic mass is 31.2. The van der Waals surface area contributed by atoms with Gasteiger partial charge in [0.05, 0.1) is 6.16 Å². The van der Waals surface area contributed by atoms with Crippen molar-refractivity contribution in [2.24, 2.45) is 0 Å². The van der Waals surface area contributed by atoms with E-state index in [0.717, 1.165) is 0 Å². The largest absolute Gasteiger partial charge is 0.434 e. The maximum absolute atomic E-state index is 12.8. The molecule has 0 aliphatic carbocycles. The van der Waals surface area contributed by atoms with Crippen molar-refractivity contribution in [2.45, 2.75) is 6.92 Å². The van der Waals surface area contributed by atoms with Crippen LogP contribution in [0.4, 0.5) is 0 Å². The Hall–Kier alpha value is -1.99. The molecule has 0 spiro atoms. The van der Waals surface area contributed by atoms with E-state index < -0.39 is 7.60 Å². The lowest BCUT2D eigenvalue weighted by molar-refractivity contribution is 0.389. The van der Waals surface area contributed by atoms with Gasteiger partial charge in [-0.2, -0.15) is 0 Å². The van der Waals surface area contributed by atoms with Crippen LogP contribution in [-0.2, 0) is 4.57 Å². The summed E-state index contributed by atoms with van der Waals surface area (Å²) >= 11 is 0. The van der Waals surface area contributed by atoms with Crippen LogP contribution in [0.5, 0.6) is 11.5 Å². The van der Waals surface area contributed by atoms with Gasteiger partial charge in [-0.3, -0.25) is 0 Å². The van der Waals surface area contributed by atoms with E-state index in [9.17, 15) is 4.57 Å². The third-order valence-corrected chi connectivity index (χ3v) is 4.18. The van der Waals surface area contributed by atoms with Gasteiger partial charge >= 0.3 is 7.60 Å². The molecule has 0 heterocycles. The van der Waals surface area contributed by atoms with Gasteiger partial charge in [-0.1, -0.05) is 48.6 Å². The first kappa shape index (κ1) is 14.4. The number of hydrogen-bond donors (Lipinski definition) is 0. The molecule has 20 heavy (non-hydrogen) atoms. The standard InChI is InChI=1S/C16H17O3P/c1-2-3-14-20(17,18-15-10-6-4-7-11-15)19-16-12-8-5-9-13-16/h2-13H,14H2,1H3/b3-2+. The summed E-state index contributed by atoms with van der Waals surface area (Å²) < 4.78 is 24.0. The van der Waals surface area contributed by atoms with Gasteiger partial charge in [0, 0.05) is 0 Å². The van der Waals surface area contributed by atoms with Crippen LogP contribution in [0.1, 0.15) is 6.92 Å². The summed E-state index contributed by atoms with van der Waals surface area (Å²) in [6.07, 6.45) is 3.84. The molecule has 2 aromatic rings. The van der Waals surface area contributed by atoms with E-state index in [1.54, 1.807) is 30.3 Å². The van der Waals surface area contributed by atoms with E-state index >= 15 is 0 Å². The molecule has 2 aromatic carbocycles. The second-order valence-corrected chi connectivity index (χ2v) is 6.12. The van der Waals surface area contributed by atoms with Crippen molar-refractivity contribution in [1.29, 1.82) is 0 Å². The first-order valence-corrected chi connectivity index (χ1v) is 8.14. The maximum atomic E-state index is 12.8. The molecule has 0 unspecified atom stereocenters. The zero-order chi connectivity index (χ0) is 14.3. The first-order chi connectivity index (χ1) is 9.72. The molecule has 0 radical (unpaired) electrons. The van der Waals surface area contributed by atoms with Crippen molar-refractivity contribution in [3.63, 3.8) is 0 Å². The zero-order valence-corrected chi connectivity index (χ0v) is 12.2. The highest BCUT2D eigenvalue weighted by Crippen LogP contribution is 2.48. The summed E-state index contributed by atoms with van der Waals surface area (Å²) in [7, 11) is -3.27. The minimum absolute atomic E-state index is 0.229. The van der Waals surface area contributed by atoms with E-state index in [1.807, 2.05) is 49.4 Å². The molecular formula is C16H17O3P. The number of benzene rings is 2. The highest BCUT2D eigenvalue weighted by molar-refractivity contribution is 7.54. The SMILES string of the molecule is C/C=C/CP(=O)(Oc1ccccc1)Oc1ccccc1. The van der Waals surface area contributed by atoms with Gasteiger partial charge in [0.15, 0.2) is 0 Å². The molecule has 3 nitrogen and oxygen atoms in total. The third kappa shape index (κ3) is 4.29. The lowest BCUT2D eigenvalue weighted by atomic mass is 10.3. The number of hydrogen-bond acceptors (Lipinski definition) is 3. The Morgan fingerprint density at radius 2 is 1.35 bits per heavy atom. The Bertz CT molecular complexity index is 548. The summed E-state index contributed by atoms with van der Waals surface area (Å²) in [5.74, 6) is 1.08. The van der Waals surface area contributed by atoms with Crippen LogP contribution in [0.25, 0.3) is 0 Å².